The van der Waals surface area contributed by atoms with Crippen molar-refractivity contribution < 1.29 is 18.7 Å². The lowest BCUT2D eigenvalue weighted by atomic mass is 10.0. The molecular weight excluding hydrogens is 585 g/mol. The van der Waals surface area contributed by atoms with Gasteiger partial charge in [0.2, 0.25) is 11.9 Å². The molecule has 1 atom stereocenters. The average molecular weight is 622 g/mol. The van der Waals surface area contributed by atoms with Crippen molar-refractivity contribution in [3.8, 4) is 11.3 Å². The van der Waals surface area contributed by atoms with Crippen molar-refractivity contribution in [3.05, 3.63) is 70.1 Å². The molecule has 2 aromatic carbocycles. The maximum absolute atomic E-state index is 14.6. The van der Waals surface area contributed by atoms with Gasteiger partial charge in [-0.3, -0.25) is 9.59 Å². The molecule has 2 fully saturated rings. The van der Waals surface area contributed by atoms with Gasteiger partial charge in [-0.2, -0.15) is 0 Å². The molecule has 3 aliphatic heterocycles. The van der Waals surface area contributed by atoms with Crippen LogP contribution in [-0.2, 0) is 16.1 Å². The SMILES string of the molecule is C[C@@H](NC(=O)CN1Cc2ccc(-c3nc(NC4CCOCC4)ncc3Cl)cc2C1=O)c1cc(F)cc(N2CCN(C)CC2)c1. The van der Waals surface area contributed by atoms with Crippen LogP contribution in [0.5, 0.6) is 0 Å². The van der Waals surface area contributed by atoms with E-state index >= 15 is 0 Å². The van der Waals surface area contributed by atoms with Crippen LogP contribution in [0.1, 0.15) is 47.3 Å². The Hall–Kier alpha value is -3.80. The van der Waals surface area contributed by atoms with Crippen LogP contribution in [0.25, 0.3) is 11.3 Å². The van der Waals surface area contributed by atoms with E-state index in [-0.39, 0.29) is 30.2 Å². The number of nitrogens with zero attached hydrogens (tertiary/aromatic N) is 5. The molecular formula is C32H37ClFN7O3. The molecule has 4 heterocycles. The zero-order valence-electron chi connectivity index (χ0n) is 25.0. The zero-order valence-corrected chi connectivity index (χ0v) is 25.7. The fourth-order valence-corrected chi connectivity index (χ4v) is 6.14. The lowest BCUT2D eigenvalue weighted by Crippen LogP contribution is -2.44. The maximum Gasteiger partial charge on any atom is 0.254 e. The van der Waals surface area contributed by atoms with Crippen molar-refractivity contribution in [2.45, 2.75) is 38.4 Å². The second-order valence-corrected chi connectivity index (χ2v) is 12.2. The van der Waals surface area contributed by atoms with Crippen molar-refractivity contribution >= 4 is 35.1 Å². The fraction of sp³-hybridized carbons (Fsp3) is 0.438. The summed E-state index contributed by atoms with van der Waals surface area (Å²) in [7, 11) is 2.07. The molecule has 10 nitrogen and oxygen atoms in total. The Labute approximate surface area is 261 Å². The smallest absolute Gasteiger partial charge is 0.254 e. The number of hydrogen-bond acceptors (Lipinski definition) is 8. The Morgan fingerprint density at radius 2 is 1.91 bits per heavy atom. The fourth-order valence-electron chi connectivity index (χ4n) is 5.94. The van der Waals surface area contributed by atoms with Gasteiger partial charge in [-0.25, -0.2) is 14.4 Å². The van der Waals surface area contributed by atoms with Crippen LogP contribution < -0.4 is 15.5 Å². The van der Waals surface area contributed by atoms with Gasteiger partial charge in [0.25, 0.3) is 5.91 Å². The van der Waals surface area contributed by atoms with E-state index in [1.807, 2.05) is 25.1 Å². The first-order chi connectivity index (χ1) is 21.2. The normalized spacial score (nSPS) is 18.3. The van der Waals surface area contributed by atoms with Crippen LogP contribution in [0.15, 0.2) is 42.6 Å². The van der Waals surface area contributed by atoms with Gasteiger partial charge >= 0.3 is 0 Å². The largest absolute Gasteiger partial charge is 0.381 e. The van der Waals surface area contributed by atoms with Crippen molar-refractivity contribution in [1.29, 1.82) is 0 Å². The number of rotatable bonds is 8. The van der Waals surface area contributed by atoms with Gasteiger partial charge in [0.1, 0.15) is 12.4 Å². The monoisotopic (exact) mass is 621 g/mol. The molecule has 1 aromatic heterocycles. The van der Waals surface area contributed by atoms with Crippen molar-refractivity contribution in [2.24, 2.45) is 0 Å². The Balaban J connectivity index is 1.10. The van der Waals surface area contributed by atoms with E-state index < -0.39 is 6.04 Å². The first-order valence-electron chi connectivity index (χ1n) is 15.1. The van der Waals surface area contributed by atoms with E-state index in [0.29, 0.717) is 53.1 Å². The third kappa shape index (κ3) is 6.80. The summed E-state index contributed by atoms with van der Waals surface area (Å²) < 4.78 is 20.0. The van der Waals surface area contributed by atoms with Gasteiger partial charge in [-0.15, -0.1) is 0 Å². The van der Waals surface area contributed by atoms with E-state index in [4.69, 9.17) is 16.3 Å². The number of piperazine rings is 1. The Morgan fingerprint density at radius 3 is 2.68 bits per heavy atom. The number of carbonyl (C=O) groups excluding carboxylic acids is 2. The summed E-state index contributed by atoms with van der Waals surface area (Å²) in [6, 6.07) is 10.2. The van der Waals surface area contributed by atoms with Gasteiger partial charge in [-0.1, -0.05) is 23.7 Å². The molecule has 3 aliphatic rings. The minimum Gasteiger partial charge on any atom is -0.381 e. The van der Waals surface area contributed by atoms with E-state index in [1.54, 1.807) is 12.3 Å². The number of carbonyl (C=O) groups is 2. The maximum atomic E-state index is 14.6. The third-order valence-corrected chi connectivity index (χ3v) is 8.82. The highest BCUT2D eigenvalue weighted by Crippen LogP contribution is 2.32. The van der Waals surface area contributed by atoms with Gasteiger partial charge in [0.05, 0.1) is 23.0 Å². The summed E-state index contributed by atoms with van der Waals surface area (Å²) >= 11 is 6.48. The van der Waals surface area contributed by atoms with Crippen LogP contribution in [-0.4, -0.2) is 90.6 Å². The number of benzene rings is 2. The van der Waals surface area contributed by atoms with Gasteiger partial charge < -0.3 is 30.1 Å². The summed E-state index contributed by atoms with van der Waals surface area (Å²) in [5.41, 5.74) is 4.06. The molecule has 12 heteroatoms. The number of nitrogens with one attached hydrogen (secondary N) is 2. The van der Waals surface area contributed by atoms with Crippen molar-refractivity contribution in [3.63, 3.8) is 0 Å². The number of fused-ring (bicyclic) bond motifs is 1. The molecule has 0 spiro atoms. The summed E-state index contributed by atoms with van der Waals surface area (Å²) in [6.07, 6.45) is 3.30. The van der Waals surface area contributed by atoms with Crippen LogP contribution in [0.3, 0.4) is 0 Å². The number of amides is 2. The van der Waals surface area contributed by atoms with Gasteiger partial charge in [0, 0.05) is 68.8 Å². The molecule has 0 aliphatic carbocycles. The number of hydrogen-bond donors (Lipinski definition) is 2. The molecule has 0 bridgehead atoms. The van der Waals surface area contributed by atoms with Gasteiger partial charge in [-0.05, 0) is 62.2 Å². The Kier molecular flexibility index (Phi) is 8.97. The second kappa shape index (κ2) is 13.1. The van der Waals surface area contributed by atoms with Crippen LogP contribution in [0, 0.1) is 5.82 Å². The molecule has 44 heavy (non-hydrogen) atoms. The predicted molar refractivity (Wildman–Crippen MR) is 167 cm³/mol. The number of likely N-dealkylation sites (N-methyl/N-ethyl adjacent to an activating group) is 1. The molecule has 2 amide bonds. The second-order valence-electron chi connectivity index (χ2n) is 11.8. The highest BCUT2D eigenvalue weighted by molar-refractivity contribution is 6.33. The number of anilines is 2. The van der Waals surface area contributed by atoms with Crippen molar-refractivity contribution in [1.82, 2.24) is 25.1 Å². The quantitative estimate of drug-likeness (QED) is 0.388. The Morgan fingerprint density at radius 1 is 1.14 bits per heavy atom. The molecule has 2 N–H and O–H groups in total. The molecule has 232 valence electrons. The highest BCUT2D eigenvalue weighted by Gasteiger charge is 2.30. The van der Waals surface area contributed by atoms with E-state index in [1.165, 1.54) is 17.0 Å². The molecule has 6 rings (SSSR count). The molecule has 0 radical (unpaired) electrons. The first kappa shape index (κ1) is 30.2. The molecule has 0 saturated carbocycles. The first-order valence-corrected chi connectivity index (χ1v) is 15.4. The summed E-state index contributed by atoms with van der Waals surface area (Å²) in [5, 5.41) is 6.68. The molecule has 2 saturated heterocycles. The van der Waals surface area contributed by atoms with Crippen LogP contribution in [0.4, 0.5) is 16.0 Å². The van der Waals surface area contributed by atoms with Crippen LogP contribution in [0.2, 0.25) is 5.02 Å². The van der Waals surface area contributed by atoms with E-state index in [2.05, 4.69) is 37.4 Å². The highest BCUT2D eigenvalue weighted by atomic mass is 35.5. The zero-order chi connectivity index (χ0) is 30.8. The summed E-state index contributed by atoms with van der Waals surface area (Å²) in [5.74, 6) is -0.413. The van der Waals surface area contributed by atoms with Crippen LogP contribution >= 0.6 is 11.6 Å². The lowest BCUT2D eigenvalue weighted by molar-refractivity contribution is -0.122. The van der Waals surface area contributed by atoms with Gasteiger partial charge in [0.15, 0.2) is 0 Å². The summed E-state index contributed by atoms with van der Waals surface area (Å²) in [4.78, 5) is 41.3. The topological polar surface area (TPSA) is 103 Å². The number of aromatic nitrogens is 2. The van der Waals surface area contributed by atoms with E-state index in [9.17, 15) is 14.0 Å². The third-order valence-electron chi connectivity index (χ3n) is 8.55. The number of ether oxygens (including phenoxy) is 1. The minimum atomic E-state index is -0.431. The van der Waals surface area contributed by atoms with E-state index in [0.717, 1.165) is 50.3 Å². The number of halogens is 2. The summed E-state index contributed by atoms with van der Waals surface area (Å²) in [6.45, 7) is 6.87. The predicted octanol–water partition coefficient (Wildman–Crippen LogP) is 4.11. The minimum absolute atomic E-state index is 0.110. The Bertz CT molecular complexity index is 1540. The average Bonchev–Trinajstić information content (AvgIpc) is 3.32. The standard InChI is InChI=1S/C32H37ClFN7O3/c1-20(23-13-24(34)16-26(14-23)40-9-7-39(2)8-10-40)36-29(42)19-41-18-22-4-3-21(15-27(22)31(41)43)30-28(33)17-35-32(38-30)37-25-5-11-44-12-6-25/h3-4,13-17,20,25H,5-12,18-19H2,1-2H3,(H,36,42)(H,35,37,38)/t20-/m1/s1. The molecule has 0 unspecified atom stereocenters. The molecule has 3 aromatic rings. The van der Waals surface area contributed by atoms with Crippen molar-refractivity contribution in [2.75, 3.05) is 63.2 Å². The lowest BCUT2D eigenvalue weighted by Gasteiger charge is -2.34.